The number of hydrogen-bond donors (Lipinski definition) is 1. The fourth-order valence-corrected chi connectivity index (χ4v) is 4.04. The zero-order valence-corrected chi connectivity index (χ0v) is 9.29. The molecule has 3 unspecified atom stereocenters. The molecule has 2 saturated carbocycles. The van der Waals surface area contributed by atoms with Crippen LogP contribution < -0.4 is 5.73 Å². The summed E-state index contributed by atoms with van der Waals surface area (Å²) in [5.74, 6) is 2.66. The molecule has 3 rings (SSSR count). The molecule has 3 atom stereocenters. The second-order valence-electron chi connectivity index (χ2n) is 6.26. The van der Waals surface area contributed by atoms with E-state index in [4.69, 9.17) is 5.73 Å². The van der Waals surface area contributed by atoms with E-state index < -0.39 is 0 Å². The normalized spacial score (nSPS) is 43.2. The van der Waals surface area contributed by atoms with Gasteiger partial charge in [0.05, 0.1) is 0 Å². The van der Waals surface area contributed by atoms with Crippen molar-refractivity contribution in [3.05, 3.63) is 12.2 Å². The summed E-state index contributed by atoms with van der Waals surface area (Å²) in [7, 11) is 0. The predicted octanol–water partition coefficient (Wildman–Crippen LogP) is 2.72. The van der Waals surface area contributed by atoms with Crippen LogP contribution in [0.25, 0.3) is 0 Å². The molecule has 2 bridgehead atoms. The summed E-state index contributed by atoms with van der Waals surface area (Å²) < 4.78 is 0. The summed E-state index contributed by atoms with van der Waals surface area (Å²) in [5.41, 5.74) is 6.90. The number of hydrogen-bond acceptors (Lipinski definition) is 1. The van der Waals surface area contributed by atoms with Crippen molar-refractivity contribution in [1.29, 1.82) is 0 Å². The topological polar surface area (TPSA) is 26.0 Å². The fraction of sp³-hybridized carbons (Fsp3) is 0.846. The van der Waals surface area contributed by atoms with Crippen molar-refractivity contribution in [3.8, 4) is 0 Å². The highest BCUT2D eigenvalue weighted by atomic mass is 14.8. The third-order valence-electron chi connectivity index (χ3n) is 5.06. The first-order valence-corrected chi connectivity index (χ1v) is 6.00. The van der Waals surface area contributed by atoms with Crippen molar-refractivity contribution in [2.75, 3.05) is 0 Å². The Morgan fingerprint density at radius 2 is 1.93 bits per heavy atom. The molecule has 78 valence electrons. The Balaban J connectivity index is 1.87. The Morgan fingerprint density at radius 3 is 2.29 bits per heavy atom. The van der Waals surface area contributed by atoms with E-state index in [1.54, 1.807) is 0 Å². The van der Waals surface area contributed by atoms with Crippen LogP contribution in [-0.2, 0) is 0 Å². The van der Waals surface area contributed by atoms with E-state index in [2.05, 4.69) is 26.0 Å². The van der Waals surface area contributed by atoms with Crippen LogP contribution in [0.4, 0.5) is 0 Å². The zero-order chi connectivity index (χ0) is 9.97. The first-order valence-electron chi connectivity index (χ1n) is 6.00. The van der Waals surface area contributed by atoms with Gasteiger partial charge in [-0.15, -0.1) is 0 Å². The van der Waals surface area contributed by atoms with Crippen LogP contribution >= 0.6 is 0 Å². The highest BCUT2D eigenvalue weighted by Crippen LogP contribution is 2.66. The minimum Gasteiger partial charge on any atom is -0.325 e. The molecular weight excluding hydrogens is 170 g/mol. The highest BCUT2D eigenvalue weighted by Gasteiger charge is 2.61. The van der Waals surface area contributed by atoms with E-state index in [1.165, 1.54) is 25.7 Å². The highest BCUT2D eigenvalue weighted by molar-refractivity contribution is 5.20. The molecule has 0 radical (unpaired) electrons. The molecule has 0 aromatic rings. The molecule has 2 fully saturated rings. The third-order valence-corrected chi connectivity index (χ3v) is 5.06. The first-order chi connectivity index (χ1) is 6.53. The number of nitrogens with two attached hydrogens (primary N) is 1. The quantitative estimate of drug-likeness (QED) is 0.667. The molecule has 0 aliphatic heterocycles. The van der Waals surface area contributed by atoms with Gasteiger partial charge in [0.2, 0.25) is 0 Å². The standard InChI is InChI=1S/C13H21N/c1-12(2,14)13(5-6-13)11-8-9-3-4-10(11)7-9/h3-4,9-11H,5-8,14H2,1-2H3. The molecular formula is C13H21N. The monoisotopic (exact) mass is 191 g/mol. The lowest BCUT2D eigenvalue weighted by molar-refractivity contribution is 0.163. The maximum atomic E-state index is 6.36. The molecule has 0 aromatic carbocycles. The van der Waals surface area contributed by atoms with Gasteiger partial charge in [0, 0.05) is 5.54 Å². The maximum absolute atomic E-state index is 6.36. The summed E-state index contributed by atoms with van der Waals surface area (Å²) in [6.07, 6.45) is 10.5. The molecule has 1 heteroatoms. The Bertz CT molecular complexity index is 280. The van der Waals surface area contributed by atoms with Crippen molar-refractivity contribution < 1.29 is 0 Å². The summed E-state index contributed by atoms with van der Waals surface area (Å²) in [6, 6.07) is 0. The van der Waals surface area contributed by atoms with E-state index in [1.807, 2.05) is 0 Å². The van der Waals surface area contributed by atoms with Gasteiger partial charge in [0.15, 0.2) is 0 Å². The number of rotatable bonds is 2. The molecule has 0 saturated heterocycles. The molecule has 0 heterocycles. The van der Waals surface area contributed by atoms with Crippen LogP contribution in [0.1, 0.15) is 39.5 Å². The van der Waals surface area contributed by atoms with Crippen LogP contribution in [0.2, 0.25) is 0 Å². The zero-order valence-electron chi connectivity index (χ0n) is 9.29. The van der Waals surface area contributed by atoms with E-state index in [9.17, 15) is 0 Å². The fourth-order valence-electron chi connectivity index (χ4n) is 4.04. The lowest BCUT2D eigenvalue weighted by Gasteiger charge is -2.39. The Kier molecular flexibility index (Phi) is 1.56. The molecule has 3 aliphatic rings. The molecule has 0 spiro atoms. The summed E-state index contributed by atoms with van der Waals surface area (Å²) >= 11 is 0. The van der Waals surface area contributed by atoms with Gasteiger partial charge in [-0.2, -0.15) is 0 Å². The molecule has 3 aliphatic carbocycles. The summed E-state index contributed by atoms with van der Waals surface area (Å²) in [5, 5.41) is 0. The summed E-state index contributed by atoms with van der Waals surface area (Å²) in [4.78, 5) is 0. The van der Waals surface area contributed by atoms with Crippen LogP contribution in [-0.4, -0.2) is 5.54 Å². The minimum absolute atomic E-state index is 0.0377. The van der Waals surface area contributed by atoms with Crippen molar-refractivity contribution in [2.45, 2.75) is 45.1 Å². The Morgan fingerprint density at radius 1 is 1.21 bits per heavy atom. The van der Waals surface area contributed by atoms with Gasteiger partial charge >= 0.3 is 0 Å². The molecule has 0 aromatic heterocycles. The van der Waals surface area contributed by atoms with Crippen molar-refractivity contribution in [3.63, 3.8) is 0 Å². The third kappa shape index (κ3) is 0.995. The average Bonchev–Trinajstić information content (AvgIpc) is 2.67. The van der Waals surface area contributed by atoms with Crippen LogP contribution in [0.5, 0.6) is 0 Å². The van der Waals surface area contributed by atoms with Gasteiger partial charge < -0.3 is 5.73 Å². The van der Waals surface area contributed by atoms with Crippen molar-refractivity contribution in [1.82, 2.24) is 0 Å². The van der Waals surface area contributed by atoms with Crippen molar-refractivity contribution >= 4 is 0 Å². The molecule has 14 heavy (non-hydrogen) atoms. The van der Waals surface area contributed by atoms with Crippen LogP contribution in [0.15, 0.2) is 12.2 Å². The number of fused-ring (bicyclic) bond motifs is 2. The van der Waals surface area contributed by atoms with Gasteiger partial charge in [0.1, 0.15) is 0 Å². The van der Waals surface area contributed by atoms with E-state index in [0.29, 0.717) is 5.41 Å². The average molecular weight is 191 g/mol. The molecule has 0 amide bonds. The van der Waals surface area contributed by atoms with Gasteiger partial charge in [-0.05, 0) is 62.7 Å². The minimum atomic E-state index is 0.0377. The van der Waals surface area contributed by atoms with E-state index in [-0.39, 0.29) is 5.54 Å². The van der Waals surface area contributed by atoms with Crippen LogP contribution in [0.3, 0.4) is 0 Å². The lowest BCUT2D eigenvalue weighted by Crippen LogP contribution is -2.47. The van der Waals surface area contributed by atoms with E-state index in [0.717, 1.165) is 17.8 Å². The van der Waals surface area contributed by atoms with Gasteiger partial charge in [-0.25, -0.2) is 0 Å². The largest absolute Gasteiger partial charge is 0.325 e. The lowest BCUT2D eigenvalue weighted by atomic mass is 9.70. The second kappa shape index (κ2) is 2.44. The number of allylic oxidation sites excluding steroid dienone is 2. The Hall–Kier alpha value is -0.300. The maximum Gasteiger partial charge on any atom is 0.0157 e. The Labute approximate surface area is 86.8 Å². The molecule has 1 nitrogen and oxygen atoms in total. The molecule has 2 N–H and O–H groups in total. The first kappa shape index (κ1) is 8.96. The second-order valence-corrected chi connectivity index (χ2v) is 6.26. The van der Waals surface area contributed by atoms with E-state index >= 15 is 0 Å². The van der Waals surface area contributed by atoms with Gasteiger partial charge in [-0.3, -0.25) is 0 Å². The van der Waals surface area contributed by atoms with Crippen molar-refractivity contribution in [2.24, 2.45) is 28.9 Å². The van der Waals surface area contributed by atoms with Gasteiger partial charge in [-0.1, -0.05) is 12.2 Å². The summed E-state index contributed by atoms with van der Waals surface area (Å²) in [6.45, 7) is 4.46. The van der Waals surface area contributed by atoms with Crippen LogP contribution in [0, 0.1) is 23.2 Å². The smallest absolute Gasteiger partial charge is 0.0157 e. The van der Waals surface area contributed by atoms with Gasteiger partial charge in [0.25, 0.3) is 0 Å². The SMILES string of the molecule is CC(C)(N)C1(C2CC3C=CC2C3)CC1. The predicted molar refractivity (Wildman–Crippen MR) is 58.8 cm³/mol.